The van der Waals surface area contributed by atoms with E-state index >= 15 is 0 Å². The second kappa shape index (κ2) is 3.34. The van der Waals surface area contributed by atoms with Crippen molar-refractivity contribution in [2.45, 2.75) is 6.42 Å². The third-order valence-electron chi connectivity index (χ3n) is 1.62. The van der Waals surface area contributed by atoms with E-state index < -0.39 is 5.97 Å². The molecule has 1 rings (SSSR count). The smallest absolute Gasteiger partial charge is 0.325 e. The molecule has 1 saturated heterocycles. The molecule has 0 N–H and O–H groups in total. The second-order valence-electron chi connectivity index (χ2n) is 2.54. The summed E-state index contributed by atoms with van der Waals surface area (Å²) in [7, 11) is 1.24. The monoisotopic (exact) mass is 171 g/mol. The number of esters is 1. The first-order valence-electron chi connectivity index (χ1n) is 3.50. The molecule has 0 radical (unpaired) electrons. The number of methoxy groups -OCH3 is 1. The van der Waals surface area contributed by atoms with E-state index in [9.17, 15) is 14.4 Å². The summed E-state index contributed by atoms with van der Waals surface area (Å²) in [6.45, 7) is -0.0883. The Kier molecular flexibility index (Phi) is 2.42. The lowest BCUT2D eigenvalue weighted by Crippen LogP contribution is -2.31. The fraction of sp³-hybridized carbons (Fsp3) is 0.571. The first kappa shape index (κ1) is 8.70. The summed E-state index contributed by atoms with van der Waals surface area (Å²) < 4.78 is 4.35. The maximum absolute atomic E-state index is 10.9. The molecule has 1 fully saturated rings. The van der Waals surface area contributed by atoms with Crippen LogP contribution in [0.3, 0.4) is 0 Å². The minimum Gasteiger partial charge on any atom is -0.468 e. The van der Waals surface area contributed by atoms with Crippen molar-refractivity contribution in [2.75, 3.05) is 20.2 Å². The van der Waals surface area contributed by atoms with Crippen molar-refractivity contribution in [3.63, 3.8) is 0 Å². The topological polar surface area (TPSA) is 63.7 Å². The van der Waals surface area contributed by atoms with Crippen LogP contribution >= 0.6 is 0 Å². The number of carbonyl (C=O) groups excluding carboxylic acids is 3. The van der Waals surface area contributed by atoms with Crippen LogP contribution in [0.1, 0.15) is 6.42 Å². The summed E-state index contributed by atoms with van der Waals surface area (Å²) >= 11 is 0. The van der Waals surface area contributed by atoms with E-state index in [0.717, 1.165) is 0 Å². The van der Waals surface area contributed by atoms with Gasteiger partial charge in [-0.1, -0.05) is 0 Å². The van der Waals surface area contributed by atoms with Gasteiger partial charge in [-0.2, -0.15) is 0 Å². The molecule has 5 nitrogen and oxygen atoms in total. The molecule has 0 spiro atoms. The highest BCUT2D eigenvalue weighted by atomic mass is 16.5. The van der Waals surface area contributed by atoms with E-state index in [4.69, 9.17) is 0 Å². The fourth-order valence-electron chi connectivity index (χ4n) is 1.00. The van der Waals surface area contributed by atoms with Crippen molar-refractivity contribution >= 4 is 17.7 Å². The highest BCUT2D eigenvalue weighted by Gasteiger charge is 2.28. The van der Waals surface area contributed by atoms with Crippen LogP contribution in [0.2, 0.25) is 0 Å². The molecule has 1 heterocycles. The van der Waals surface area contributed by atoms with Crippen molar-refractivity contribution < 1.29 is 19.1 Å². The maximum Gasteiger partial charge on any atom is 0.325 e. The molecular weight excluding hydrogens is 162 g/mol. The molecule has 1 amide bonds. The number of carbonyl (C=O) groups is 3. The number of hydrogen-bond donors (Lipinski definition) is 0. The second-order valence-corrected chi connectivity index (χ2v) is 2.54. The van der Waals surface area contributed by atoms with E-state index in [1.165, 1.54) is 12.0 Å². The Morgan fingerprint density at radius 2 is 2.25 bits per heavy atom. The van der Waals surface area contributed by atoms with Crippen molar-refractivity contribution in [1.29, 1.82) is 0 Å². The van der Waals surface area contributed by atoms with Gasteiger partial charge in [-0.3, -0.25) is 14.4 Å². The van der Waals surface area contributed by atoms with Crippen LogP contribution in [0.15, 0.2) is 0 Å². The number of Topliss-reactive ketones (excluding diaryl/α,β-unsaturated/α-hetero) is 1. The summed E-state index contributed by atoms with van der Waals surface area (Å²) in [5.74, 6) is -0.952. The maximum atomic E-state index is 10.9. The SMILES string of the molecule is COC(=O)CN1CC(=O)CC1=O. The van der Waals surface area contributed by atoms with Crippen molar-refractivity contribution in [3.05, 3.63) is 0 Å². The van der Waals surface area contributed by atoms with E-state index in [-0.39, 0.29) is 31.2 Å². The van der Waals surface area contributed by atoms with Gasteiger partial charge < -0.3 is 9.64 Å². The quantitative estimate of drug-likeness (QED) is 0.393. The molecule has 12 heavy (non-hydrogen) atoms. The number of likely N-dealkylation sites (tertiary alicyclic amines) is 1. The van der Waals surface area contributed by atoms with Gasteiger partial charge in [0.15, 0.2) is 5.78 Å². The van der Waals surface area contributed by atoms with Crippen LogP contribution in [-0.4, -0.2) is 42.8 Å². The average Bonchev–Trinajstić information content (AvgIpc) is 2.30. The van der Waals surface area contributed by atoms with Crippen LogP contribution < -0.4 is 0 Å². The lowest BCUT2D eigenvalue weighted by atomic mass is 10.3. The molecule has 0 atom stereocenters. The summed E-state index contributed by atoms with van der Waals surface area (Å²) in [5, 5.41) is 0. The average molecular weight is 171 g/mol. The summed E-state index contributed by atoms with van der Waals surface area (Å²) in [5.41, 5.74) is 0. The van der Waals surface area contributed by atoms with Gasteiger partial charge in [-0.05, 0) is 0 Å². The summed E-state index contributed by atoms with van der Waals surface area (Å²) in [6, 6.07) is 0. The van der Waals surface area contributed by atoms with Crippen LogP contribution in [0, 0.1) is 0 Å². The minimum atomic E-state index is -0.502. The standard InChI is InChI=1S/C7H9NO4/c1-12-7(11)4-8-3-5(9)2-6(8)10/h2-4H2,1H3. The van der Waals surface area contributed by atoms with Gasteiger partial charge >= 0.3 is 5.97 Å². The largest absolute Gasteiger partial charge is 0.468 e. The van der Waals surface area contributed by atoms with E-state index in [1.807, 2.05) is 0 Å². The van der Waals surface area contributed by atoms with Gasteiger partial charge in [0.1, 0.15) is 6.54 Å². The first-order valence-corrected chi connectivity index (χ1v) is 3.50. The molecule has 1 aliphatic heterocycles. The number of ether oxygens (including phenoxy) is 1. The van der Waals surface area contributed by atoms with Gasteiger partial charge in [0.25, 0.3) is 0 Å². The highest BCUT2D eigenvalue weighted by Crippen LogP contribution is 2.05. The lowest BCUT2D eigenvalue weighted by molar-refractivity contribution is -0.145. The van der Waals surface area contributed by atoms with Crippen molar-refractivity contribution in [1.82, 2.24) is 4.90 Å². The number of amides is 1. The zero-order valence-corrected chi connectivity index (χ0v) is 6.70. The molecule has 1 aliphatic rings. The zero-order valence-electron chi connectivity index (χ0n) is 6.70. The molecule has 0 aromatic carbocycles. The summed E-state index contributed by atoms with van der Waals surface area (Å²) in [6.07, 6.45) is -0.0863. The Hall–Kier alpha value is -1.39. The van der Waals surface area contributed by atoms with Gasteiger partial charge in [0.2, 0.25) is 5.91 Å². The lowest BCUT2D eigenvalue weighted by Gasteiger charge is -2.11. The fourth-order valence-corrected chi connectivity index (χ4v) is 1.00. The first-order chi connectivity index (χ1) is 5.63. The van der Waals surface area contributed by atoms with E-state index in [0.29, 0.717) is 0 Å². The molecule has 0 aliphatic carbocycles. The molecule has 0 aromatic rings. The number of nitrogens with zero attached hydrogens (tertiary/aromatic N) is 1. The molecule has 0 saturated carbocycles. The normalized spacial score (nSPS) is 16.9. The molecule has 0 bridgehead atoms. The van der Waals surface area contributed by atoms with Crippen LogP contribution in [0.5, 0.6) is 0 Å². The molecule has 66 valence electrons. The number of ketones is 1. The summed E-state index contributed by atoms with van der Waals surface area (Å²) in [4.78, 5) is 33.5. The Labute approximate surface area is 69.3 Å². The predicted molar refractivity (Wildman–Crippen MR) is 38.2 cm³/mol. The van der Waals surface area contributed by atoms with E-state index in [1.54, 1.807) is 0 Å². The number of rotatable bonds is 2. The molecular formula is C7H9NO4. The Balaban J connectivity index is 2.48. The predicted octanol–water partition coefficient (Wildman–Crippen LogP) is -1.04. The van der Waals surface area contributed by atoms with Gasteiger partial charge in [-0.15, -0.1) is 0 Å². The Bertz CT molecular complexity index is 236. The Morgan fingerprint density at radius 1 is 1.58 bits per heavy atom. The third-order valence-corrected chi connectivity index (χ3v) is 1.62. The van der Waals surface area contributed by atoms with Crippen LogP contribution in [0.25, 0.3) is 0 Å². The highest BCUT2D eigenvalue weighted by molar-refractivity contribution is 6.06. The third kappa shape index (κ3) is 1.81. The minimum absolute atomic E-state index is 0.0356. The van der Waals surface area contributed by atoms with Crippen LogP contribution in [-0.2, 0) is 19.1 Å². The molecule has 5 heteroatoms. The van der Waals surface area contributed by atoms with Crippen molar-refractivity contribution in [3.8, 4) is 0 Å². The Morgan fingerprint density at radius 3 is 2.67 bits per heavy atom. The van der Waals surface area contributed by atoms with Gasteiger partial charge in [-0.25, -0.2) is 0 Å². The zero-order chi connectivity index (χ0) is 9.14. The van der Waals surface area contributed by atoms with Gasteiger partial charge in [0.05, 0.1) is 20.1 Å². The number of hydrogen-bond acceptors (Lipinski definition) is 4. The van der Waals surface area contributed by atoms with Crippen molar-refractivity contribution in [2.24, 2.45) is 0 Å². The van der Waals surface area contributed by atoms with Crippen LogP contribution in [0.4, 0.5) is 0 Å². The van der Waals surface area contributed by atoms with Gasteiger partial charge in [0, 0.05) is 0 Å². The molecule has 0 unspecified atom stereocenters. The van der Waals surface area contributed by atoms with E-state index in [2.05, 4.69) is 4.74 Å². The molecule has 0 aromatic heterocycles.